The number of halogens is 4. The standard InChI is InChI=1S/C14H14F4N2O2/c1-7-10-11(14(16,17)18)22-12(19)20-13(10,6-21-7)8-4-2-3-5-9(8)15/h2-5,7,10-11H,6H2,1H3,(H2,19,20)/t7-,10?,11+,13?/m1/s1. The van der Waals surface area contributed by atoms with Gasteiger partial charge in [0.1, 0.15) is 11.4 Å². The maximum Gasteiger partial charge on any atom is 0.426 e. The number of amidine groups is 1. The number of hydrogen-bond acceptors (Lipinski definition) is 4. The van der Waals surface area contributed by atoms with Gasteiger partial charge < -0.3 is 15.2 Å². The van der Waals surface area contributed by atoms with Gasteiger partial charge in [0.15, 0.2) is 0 Å². The normalized spacial score (nSPS) is 34.8. The molecule has 4 nitrogen and oxygen atoms in total. The second-order valence-corrected chi connectivity index (χ2v) is 5.48. The van der Waals surface area contributed by atoms with E-state index in [9.17, 15) is 17.6 Å². The van der Waals surface area contributed by atoms with Crippen molar-refractivity contribution in [3.63, 3.8) is 0 Å². The van der Waals surface area contributed by atoms with Crippen LogP contribution in [-0.4, -0.2) is 31.0 Å². The SMILES string of the molecule is C[C@H]1OCC2(c3ccccc3F)N=C(N)O[C@H](C(F)(F)F)C12. The Morgan fingerprint density at radius 3 is 2.64 bits per heavy atom. The first-order valence-corrected chi connectivity index (χ1v) is 6.71. The van der Waals surface area contributed by atoms with Gasteiger partial charge in [-0.25, -0.2) is 9.38 Å². The van der Waals surface area contributed by atoms with Gasteiger partial charge in [-0.1, -0.05) is 18.2 Å². The molecule has 2 heterocycles. The zero-order valence-corrected chi connectivity index (χ0v) is 11.6. The van der Waals surface area contributed by atoms with Gasteiger partial charge in [0.2, 0.25) is 6.10 Å². The molecule has 2 aliphatic heterocycles. The molecule has 0 radical (unpaired) electrons. The van der Waals surface area contributed by atoms with Gasteiger partial charge >= 0.3 is 6.18 Å². The van der Waals surface area contributed by atoms with Crippen molar-refractivity contribution >= 4 is 6.02 Å². The molecule has 2 unspecified atom stereocenters. The molecule has 0 aliphatic carbocycles. The third-order valence-electron chi connectivity index (χ3n) is 4.17. The Morgan fingerprint density at radius 1 is 1.32 bits per heavy atom. The highest BCUT2D eigenvalue weighted by Gasteiger charge is 2.64. The Labute approximate surface area is 123 Å². The summed E-state index contributed by atoms with van der Waals surface area (Å²) in [6.07, 6.45) is -7.66. The number of benzene rings is 1. The summed E-state index contributed by atoms with van der Waals surface area (Å²) in [5, 5.41) is 0. The molecule has 0 bridgehead atoms. The van der Waals surface area contributed by atoms with Gasteiger partial charge in [0, 0.05) is 5.56 Å². The minimum Gasteiger partial charge on any atom is -0.452 e. The quantitative estimate of drug-likeness (QED) is 0.809. The van der Waals surface area contributed by atoms with Crippen LogP contribution in [0.5, 0.6) is 0 Å². The lowest BCUT2D eigenvalue weighted by molar-refractivity contribution is -0.226. The molecule has 4 atom stereocenters. The van der Waals surface area contributed by atoms with E-state index in [4.69, 9.17) is 15.2 Å². The first-order chi connectivity index (χ1) is 10.3. The van der Waals surface area contributed by atoms with Crippen LogP contribution in [0.2, 0.25) is 0 Å². The Balaban J connectivity index is 2.19. The fourth-order valence-electron chi connectivity index (χ4n) is 3.28. The second kappa shape index (κ2) is 4.84. The van der Waals surface area contributed by atoms with E-state index in [1.807, 2.05) is 0 Å². The molecule has 120 valence electrons. The van der Waals surface area contributed by atoms with Crippen molar-refractivity contribution in [2.75, 3.05) is 6.61 Å². The number of nitrogens with zero attached hydrogens (tertiary/aromatic N) is 1. The van der Waals surface area contributed by atoms with Crippen LogP contribution in [0.1, 0.15) is 12.5 Å². The molecule has 2 N–H and O–H groups in total. The summed E-state index contributed by atoms with van der Waals surface area (Å²) in [5.74, 6) is -1.86. The third-order valence-corrected chi connectivity index (χ3v) is 4.17. The predicted molar refractivity (Wildman–Crippen MR) is 69.5 cm³/mol. The Bertz CT molecular complexity index is 619. The van der Waals surface area contributed by atoms with Crippen LogP contribution in [0.25, 0.3) is 0 Å². The summed E-state index contributed by atoms with van der Waals surface area (Å²) in [6, 6.07) is 4.96. The summed E-state index contributed by atoms with van der Waals surface area (Å²) in [4.78, 5) is 4.03. The molecule has 8 heteroatoms. The van der Waals surface area contributed by atoms with Crippen LogP contribution in [-0.2, 0) is 15.0 Å². The summed E-state index contributed by atoms with van der Waals surface area (Å²) < 4.78 is 64.3. The smallest absolute Gasteiger partial charge is 0.426 e. The van der Waals surface area contributed by atoms with E-state index in [0.29, 0.717) is 0 Å². The van der Waals surface area contributed by atoms with Crippen molar-refractivity contribution in [2.45, 2.75) is 30.8 Å². The van der Waals surface area contributed by atoms with Crippen LogP contribution in [0.15, 0.2) is 29.3 Å². The summed E-state index contributed by atoms with van der Waals surface area (Å²) in [7, 11) is 0. The Kier molecular flexibility index (Phi) is 3.32. The number of aliphatic imine (C=N–C) groups is 1. The van der Waals surface area contributed by atoms with E-state index in [2.05, 4.69) is 4.99 Å². The number of rotatable bonds is 1. The van der Waals surface area contributed by atoms with Crippen molar-refractivity contribution in [2.24, 2.45) is 16.6 Å². The van der Waals surface area contributed by atoms with E-state index >= 15 is 0 Å². The lowest BCUT2D eigenvalue weighted by Gasteiger charge is -2.41. The van der Waals surface area contributed by atoms with Gasteiger partial charge in [0.25, 0.3) is 6.02 Å². The van der Waals surface area contributed by atoms with Crippen LogP contribution >= 0.6 is 0 Å². The molecule has 1 aromatic carbocycles. The molecule has 0 spiro atoms. The number of nitrogens with two attached hydrogens (primary N) is 1. The van der Waals surface area contributed by atoms with E-state index in [-0.39, 0.29) is 12.2 Å². The minimum absolute atomic E-state index is 0.0323. The molecule has 1 fully saturated rings. The number of ether oxygens (including phenoxy) is 2. The average Bonchev–Trinajstić information content (AvgIpc) is 2.75. The van der Waals surface area contributed by atoms with Crippen molar-refractivity contribution in [1.82, 2.24) is 0 Å². The van der Waals surface area contributed by atoms with Gasteiger partial charge in [-0.05, 0) is 13.0 Å². The zero-order valence-electron chi connectivity index (χ0n) is 11.6. The van der Waals surface area contributed by atoms with Gasteiger partial charge in [0.05, 0.1) is 18.6 Å². The number of hydrogen-bond donors (Lipinski definition) is 1. The molecule has 0 saturated carbocycles. The van der Waals surface area contributed by atoms with Crippen LogP contribution < -0.4 is 5.73 Å². The van der Waals surface area contributed by atoms with Gasteiger partial charge in [-0.3, -0.25) is 0 Å². The Morgan fingerprint density at radius 2 is 2.00 bits per heavy atom. The molecular weight excluding hydrogens is 304 g/mol. The largest absolute Gasteiger partial charge is 0.452 e. The average molecular weight is 318 g/mol. The van der Waals surface area contributed by atoms with Crippen LogP contribution in [0.4, 0.5) is 17.6 Å². The molecule has 3 rings (SSSR count). The van der Waals surface area contributed by atoms with Crippen molar-refractivity contribution in [3.8, 4) is 0 Å². The Hall–Kier alpha value is -1.83. The lowest BCUT2D eigenvalue weighted by Crippen LogP contribution is -2.55. The van der Waals surface area contributed by atoms with E-state index < -0.39 is 41.7 Å². The number of fused-ring (bicyclic) bond motifs is 1. The summed E-state index contributed by atoms with van der Waals surface area (Å²) in [6.45, 7) is 1.31. The first kappa shape index (κ1) is 15.1. The highest BCUT2D eigenvalue weighted by atomic mass is 19.4. The predicted octanol–water partition coefficient (Wildman–Crippen LogP) is 2.33. The van der Waals surface area contributed by atoms with Crippen molar-refractivity contribution in [1.29, 1.82) is 0 Å². The summed E-state index contributed by atoms with van der Waals surface area (Å²) in [5.41, 5.74) is 3.94. The molecule has 0 amide bonds. The van der Waals surface area contributed by atoms with Crippen LogP contribution in [0, 0.1) is 11.7 Å². The van der Waals surface area contributed by atoms with Gasteiger partial charge in [-0.2, -0.15) is 13.2 Å². The summed E-state index contributed by atoms with van der Waals surface area (Å²) >= 11 is 0. The second-order valence-electron chi connectivity index (χ2n) is 5.48. The van der Waals surface area contributed by atoms with E-state index in [1.54, 1.807) is 0 Å². The molecule has 2 aliphatic rings. The third kappa shape index (κ3) is 2.13. The van der Waals surface area contributed by atoms with E-state index in [0.717, 1.165) is 0 Å². The van der Waals surface area contributed by atoms with E-state index in [1.165, 1.54) is 31.2 Å². The molecule has 22 heavy (non-hydrogen) atoms. The van der Waals surface area contributed by atoms with Crippen molar-refractivity contribution in [3.05, 3.63) is 35.6 Å². The molecule has 0 aromatic heterocycles. The first-order valence-electron chi connectivity index (χ1n) is 6.71. The van der Waals surface area contributed by atoms with Crippen LogP contribution in [0.3, 0.4) is 0 Å². The number of alkyl halides is 3. The molecular formula is C14H14F4N2O2. The lowest BCUT2D eigenvalue weighted by atomic mass is 9.74. The maximum atomic E-state index is 14.2. The molecule has 1 saturated heterocycles. The topological polar surface area (TPSA) is 56.8 Å². The molecule has 1 aromatic rings. The minimum atomic E-state index is -4.66. The fraction of sp³-hybridized carbons (Fsp3) is 0.500. The fourth-order valence-corrected chi connectivity index (χ4v) is 3.28. The van der Waals surface area contributed by atoms with Gasteiger partial charge in [-0.15, -0.1) is 0 Å². The monoisotopic (exact) mass is 318 g/mol. The maximum absolute atomic E-state index is 14.2. The highest BCUT2D eigenvalue weighted by molar-refractivity contribution is 5.73. The van der Waals surface area contributed by atoms with Crippen molar-refractivity contribution < 1.29 is 27.0 Å². The highest BCUT2D eigenvalue weighted by Crippen LogP contribution is 2.51. The zero-order chi connectivity index (χ0) is 16.1.